The number of rotatable bonds is 4. The molecule has 0 aliphatic carbocycles. The standard InChI is InChI=1S/C11H17N3O/c1-7(2)11(13)9(15)5-8-3-4-14-10(12)6-8/h3-4,6-7,11H,5,13H2,1-2H3,(H2,12,14). The first-order valence-corrected chi connectivity index (χ1v) is 4.99. The number of carbonyl (C=O) groups excluding carboxylic acids is 1. The Bertz CT molecular complexity index is 349. The first-order valence-electron chi connectivity index (χ1n) is 4.99. The summed E-state index contributed by atoms with van der Waals surface area (Å²) in [7, 11) is 0. The smallest absolute Gasteiger partial charge is 0.154 e. The SMILES string of the molecule is CC(C)C(N)C(=O)Cc1ccnc(N)c1. The Hall–Kier alpha value is -1.42. The van der Waals surface area contributed by atoms with E-state index in [9.17, 15) is 4.79 Å². The van der Waals surface area contributed by atoms with Crippen LogP contribution in [0, 0.1) is 5.92 Å². The average molecular weight is 207 g/mol. The van der Waals surface area contributed by atoms with Crippen molar-refractivity contribution in [3.63, 3.8) is 0 Å². The summed E-state index contributed by atoms with van der Waals surface area (Å²) in [6.45, 7) is 3.87. The van der Waals surface area contributed by atoms with Crippen molar-refractivity contribution >= 4 is 11.6 Å². The van der Waals surface area contributed by atoms with Crippen LogP contribution in [-0.2, 0) is 11.2 Å². The number of pyridine rings is 1. The van der Waals surface area contributed by atoms with Gasteiger partial charge in [-0.1, -0.05) is 13.8 Å². The number of anilines is 1. The highest BCUT2D eigenvalue weighted by molar-refractivity contribution is 5.86. The number of hydrogen-bond donors (Lipinski definition) is 2. The molecule has 0 aliphatic heterocycles. The molecule has 4 nitrogen and oxygen atoms in total. The van der Waals surface area contributed by atoms with Gasteiger partial charge in [0.1, 0.15) is 5.82 Å². The minimum atomic E-state index is -0.403. The Kier molecular flexibility index (Phi) is 3.80. The largest absolute Gasteiger partial charge is 0.384 e. The number of nitrogens with two attached hydrogens (primary N) is 2. The molecule has 0 saturated carbocycles. The zero-order valence-corrected chi connectivity index (χ0v) is 9.10. The normalized spacial score (nSPS) is 12.8. The summed E-state index contributed by atoms with van der Waals surface area (Å²) >= 11 is 0. The average Bonchev–Trinajstić information content (AvgIpc) is 2.16. The fraction of sp³-hybridized carbons (Fsp3) is 0.455. The van der Waals surface area contributed by atoms with Crippen LogP contribution >= 0.6 is 0 Å². The summed E-state index contributed by atoms with van der Waals surface area (Å²) in [6, 6.07) is 3.08. The summed E-state index contributed by atoms with van der Waals surface area (Å²) in [5.74, 6) is 0.630. The number of aromatic nitrogens is 1. The predicted molar refractivity (Wildman–Crippen MR) is 60.2 cm³/mol. The Morgan fingerprint density at radius 3 is 2.73 bits per heavy atom. The van der Waals surface area contributed by atoms with Crippen molar-refractivity contribution in [3.8, 4) is 0 Å². The van der Waals surface area contributed by atoms with Gasteiger partial charge in [-0.3, -0.25) is 4.79 Å². The van der Waals surface area contributed by atoms with Crippen molar-refractivity contribution in [1.29, 1.82) is 0 Å². The molecule has 0 aliphatic rings. The third-order valence-electron chi connectivity index (χ3n) is 2.31. The number of carbonyl (C=O) groups is 1. The maximum absolute atomic E-state index is 11.7. The highest BCUT2D eigenvalue weighted by Crippen LogP contribution is 2.08. The molecule has 1 atom stereocenters. The number of Topliss-reactive ketones (excluding diaryl/α,β-unsaturated/α-hetero) is 1. The molecule has 0 fully saturated rings. The van der Waals surface area contributed by atoms with Gasteiger partial charge in [-0.25, -0.2) is 4.98 Å². The zero-order chi connectivity index (χ0) is 11.4. The second-order valence-electron chi connectivity index (χ2n) is 4.00. The summed E-state index contributed by atoms with van der Waals surface area (Å²) in [5.41, 5.74) is 12.1. The van der Waals surface area contributed by atoms with Crippen LogP contribution in [0.15, 0.2) is 18.3 Å². The molecule has 4 heteroatoms. The van der Waals surface area contributed by atoms with Gasteiger partial charge in [0.05, 0.1) is 6.04 Å². The van der Waals surface area contributed by atoms with E-state index in [1.54, 1.807) is 18.3 Å². The minimum absolute atomic E-state index is 0.0376. The van der Waals surface area contributed by atoms with Gasteiger partial charge < -0.3 is 11.5 Å². The van der Waals surface area contributed by atoms with E-state index in [1.165, 1.54) is 0 Å². The Labute approximate surface area is 89.7 Å². The number of hydrogen-bond acceptors (Lipinski definition) is 4. The third-order valence-corrected chi connectivity index (χ3v) is 2.31. The van der Waals surface area contributed by atoms with E-state index < -0.39 is 6.04 Å². The van der Waals surface area contributed by atoms with Gasteiger partial charge in [-0.15, -0.1) is 0 Å². The van der Waals surface area contributed by atoms with Crippen LogP contribution in [0.2, 0.25) is 0 Å². The highest BCUT2D eigenvalue weighted by Gasteiger charge is 2.17. The Morgan fingerprint density at radius 2 is 2.20 bits per heavy atom. The van der Waals surface area contributed by atoms with Crippen molar-refractivity contribution in [3.05, 3.63) is 23.9 Å². The Balaban J connectivity index is 2.66. The van der Waals surface area contributed by atoms with Crippen LogP contribution in [0.5, 0.6) is 0 Å². The van der Waals surface area contributed by atoms with Crippen molar-refractivity contribution in [2.24, 2.45) is 11.7 Å². The molecule has 0 amide bonds. The van der Waals surface area contributed by atoms with Gasteiger partial charge >= 0.3 is 0 Å². The highest BCUT2D eigenvalue weighted by atomic mass is 16.1. The molecule has 1 heterocycles. The summed E-state index contributed by atoms with van der Waals surface area (Å²) in [5, 5.41) is 0. The zero-order valence-electron chi connectivity index (χ0n) is 9.10. The topological polar surface area (TPSA) is 82.0 Å². The molecule has 0 spiro atoms. The van der Waals surface area contributed by atoms with Crippen LogP contribution in [0.1, 0.15) is 19.4 Å². The summed E-state index contributed by atoms with van der Waals surface area (Å²) in [4.78, 5) is 15.5. The van der Waals surface area contributed by atoms with Gasteiger partial charge in [0, 0.05) is 12.6 Å². The van der Waals surface area contributed by atoms with Crippen molar-refractivity contribution in [1.82, 2.24) is 4.98 Å². The van der Waals surface area contributed by atoms with E-state index in [1.807, 2.05) is 13.8 Å². The number of nitrogens with zero attached hydrogens (tertiary/aromatic N) is 1. The molecule has 15 heavy (non-hydrogen) atoms. The third kappa shape index (κ3) is 3.32. The lowest BCUT2D eigenvalue weighted by molar-refractivity contribution is -0.120. The van der Waals surface area contributed by atoms with Crippen LogP contribution in [0.3, 0.4) is 0 Å². The minimum Gasteiger partial charge on any atom is -0.384 e. The van der Waals surface area contributed by atoms with Gasteiger partial charge in [-0.2, -0.15) is 0 Å². The quantitative estimate of drug-likeness (QED) is 0.763. The van der Waals surface area contributed by atoms with Crippen LogP contribution in [0.25, 0.3) is 0 Å². The second-order valence-corrected chi connectivity index (χ2v) is 4.00. The van der Waals surface area contributed by atoms with Crippen molar-refractivity contribution < 1.29 is 4.79 Å². The molecule has 1 unspecified atom stereocenters. The monoisotopic (exact) mass is 207 g/mol. The van der Waals surface area contributed by atoms with Gasteiger partial charge in [0.2, 0.25) is 0 Å². The number of nitrogen functional groups attached to an aromatic ring is 1. The molecular weight excluding hydrogens is 190 g/mol. The van der Waals surface area contributed by atoms with E-state index in [4.69, 9.17) is 11.5 Å². The lowest BCUT2D eigenvalue weighted by Gasteiger charge is -2.13. The maximum Gasteiger partial charge on any atom is 0.154 e. The Morgan fingerprint density at radius 1 is 1.53 bits per heavy atom. The fourth-order valence-corrected chi connectivity index (χ4v) is 1.30. The van der Waals surface area contributed by atoms with Crippen LogP contribution < -0.4 is 11.5 Å². The molecule has 0 radical (unpaired) electrons. The first kappa shape index (κ1) is 11.7. The molecule has 1 rings (SSSR count). The van der Waals surface area contributed by atoms with Crippen molar-refractivity contribution in [2.45, 2.75) is 26.3 Å². The molecule has 4 N–H and O–H groups in total. The number of ketones is 1. The van der Waals surface area contributed by atoms with E-state index in [0.29, 0.717) is 12.2 Å². The molecule has 82 valence electrons. The van der Waals surface area contributed by atoms with Gasteiger partial charge in [0.25, 0.3) is 0 Å². The lowest BCUT2D eigenvalue weighted by atomic mass is 9.96. The van der Waals surface area contributed by atoms with E-state index in [2.05, 4.69) is 4.98 Å². The van der Waals surface area contributed by atoms with E-state index in [-0.39, 0.29) is 11.7 Å². The predicted octanol–water partition coefficient (Wildman–Crippen LogP) is 0.759. The molecule has 1 aromatic rings. The summed E-state index contributed by atoms with van der Waals surface area (Å²) in [6.07, 6.45) is 1.92. The first-order chi connectivity index (χ1) is 7.00. The van der Waals surface area contributed by atoms with Gasteiger partial charge in [0.15, 0.2) is 5.78 Å². The molecule has 0 bridgehead atoms. The van der Waals surface area contributed by atoms with Crippen molar-refractivity contribution in [2.75, 3.05) is 5.73 Å². The van der Waals surface area contributed by atoms with E-state index >= 15 is 0 Å². The lowest BCUT2D eigenvalue weighted by Crippen LogP contribution is -2.36. The summed E-state index contributed by atoms with van der Waals surface area (Å²) < 4.78 is 0. The second kappa shape index (κ2) is 4.89. The molecular formula is C11H17N3O. The fourth-order valence-electron chi connectivity index (χ4n) is 1.30. The molecule has 0 saturated heterocycles. The van der Waals surface area contributed by atoms with Gasteiger partial charge in [-0.05, 0) is 23.6 Å². The maximum atomic E-state index is 11.7. The van der Waals surface area contributed by atoms with E-state index in [0.717, 1.165) is 5.56 Å². The molecule has 0 aromatic carbocycles. The van der Waals surface area contributed by atoms with Crippen LogP contribution in [0.4, 0.5) is 5.82 Å². The van der Waals surface area contributed by atoms with Crippen LogP contribution in [-0.4, -0.2) is 16.8 Å². The molecule has 1 aromatic heterocycles.